The van der Waals surface area contributed by atoms with Crippen LogP contribution in [0.25, 0.3) is 0 Å². The number of rotatable bonds is 2. The quantitative estimate of drug-likeness (QED) is 0.674. The Kier molecular flexibility index (Phi) is 3.03. The average Bonchev–Trinajstić information content (AvgIpc) is 2.30. The summed E-state index contributed by atoms with van der Waals surface area (Å²) >= 11 is 0. The van der Waals surface area contributed by atoms with E-state index in [0.29, 0.717) is 18.1 Å². The fraction of sp³-hybridized carbons (Fsp3) is 0.556. The number of nitrogens with zero attached hydrogens (tertiary/aromatic N) is 2. The first-order valence-corrected chi connectivity index (χ1v) is 4.65. The maximum Gasteiger partial charge on any atom is 0.158 e. The molecule has 0 bridgehead atoms. The molecule has 2 rings (SSSR count). The van der Waals surface area contributed by atoms with Crippen LogP contribution in [-0.4, -0.2) is 34.8 Å². The predicted molar refractivity (Wildman–Crippen MR) is 49.5 cm³/mol. The van der Waals surface area contributed by atoms with Crippen molar-refractivity contribution in [2.75, 3.05) is 19.7 Å². The number of hydrogen-bond donors (Lipinski definition) is 2. The molecule has 5 heteroatoms. The van der Waals surface area contributed by atoms with E-state index in [2.05, 4.69) is 15.3 Å². The van der Waals surface area contributed by atoms with Gasteiger partial charge < -0.3 is 15.2 Å². The Morgan fingerprint density at radius 2 is 2.57 bits per heavy atom. The molecule has 0 spiro atoms. The Labute approximate surface area is 82.1 Å². The molecule has 1 fully saturated rings. The zero-order chi connectivity index (χ0) is 9.80. The van der Waals surface area contributed by atoms with Crippen molar-refractivity contribution in [2.45, 2.75) is 12.7 Å². The molecule has 1 aliphatic heterocycles. The van der Waals surface area contributed by atoms with Gasteiger partial charge in [0, 0.05) is 19.3 Å². The highest BCUT2D eigenvalue weighted by Crippen LogP contribution is 2.14. The van der Waals surface area contributed by atoms with Crippen molar-refractivity contribution in [3.05, 3.63) is 23.8 Å². The normalized spacial score (nSPS) is 22.2. The maximum absolute atomic E-state index is 8.91. The van der Waals surface area contributed by atoms with Gasteiger partial charge in [-0.05, 0) is 6.07 Å². The third kappa shape index (κ3) is 2.06. The van der Waals surface area contributed by atoms with E-state index in [-0.39, 0.29) is 12.7 Å². The summed E-state index contributed by atoms with van der Waals surface area (Å²) in [5, 5.41) is 12.1. The largest absolute Gasteiger partial charge is 0.390 e. The van der Waals surface area contributed by atoms with Gasteiger partial charge in [0.15, 0.2) is 5.82 Å². The summed E-state index contributed by atoms with van der Waals surface area (Å²) < 4.78 is 5.49. The minimum Gasteiger partial charge on any atom is -0.390 e. The van der Waals surface area contributed by atoms with Crippen LogP contribution in [0.15, 0.2) is 12.3 Å². The molecule has 1 aromatic rings. The second-order valence-electron chi connectivity index (χ2n) is 3.13. The number of morpholine rings is 1. The smallest absolute Gasteiger partial charge is 0.158 e. The molecule has 0 amide bonds. The van der Waals surface area contributed by atoms with Crippen molar-refractivity contribution in [1.29, 1.82) is 0 Å². The van der Waals surface area contributed by atoms with Gasteiger partial charge in [-0.25, -0.2) is 9.97 Å². The molecule has 0 saturated carbocycles. The Morgan fingerprint density at radius 1 is 1.64 bits per heavy atom. The first-order valence-electron chi connectivity index (χ1n) is 4.65. The van der Waals surface area contributed by atoms with Gasteiger partial charge in [-0.2, -0.15) is 0 Å². The average molecular weight is 195 g/mol. The topological polar surface area (TPSA) is 67.3 Å². The first kappa shape index (κ1) is 9.51. The van der Waals surface area contributed by atoms with E-state index in [1.54, 1.807) is 12.3 Å². The molecule has 1 unspecified atom stereocenters. The summed E-state index contributed by atoms with van der Waals surface area (Å²) in [6.07, 6.45) is 1.56. The molecule has 2 N–H and O–H groups in total. The second kappa shape index (κ2) is 4.45. The third-order valence-corrected chi connectivity index (χ3v) is 2.11. The lowest BCUT2D eigenvalue weighted by Crippen LogP contribution is -2.34. The summed E-state index contributed by atoms with van der Waals surface area (Å²) in [5.41, 5.74) is 0.629. The molecular formula is C9H13N3O2. The van der Waals surface area contributed by atoms with Gasteiger partial charge in [0.05, 0.1) is 18.9 Å². The van der Waals surface area contributed by atoms with E-state index in [9.17, 15) is 0 Å². The van der Waals surface area contributed by atoms with Crippen molar-refractivity contribution < 1.29 is 9.84 Å². The highest BCUT2D eigenvalue weighted by molar-refractivity contribution is 5.03. The van der Waals surface area contributed by atoms with Crippen LogP contribution >= 0.6 is 0 Å². The molecule has 0 radical (unpaired) electrons. The molecule has 0 aromatic carbocycles. The van der Waals surface area contributed by atoms with Gasteiger partial charge in [-0.1, -0.05) is 0 Å². The van der Waals surface area contributed by atoms with Crippen LogP contribution in [0.4, 0.5) is 0 Å². The van der Waals surface area contributed by atoms with E-state index in [1.807, 2.05) is 0 Å². The van der Waals surface area contributed by atoms with E-state index in [1.165, 1.54) is 0 Å². The molecule has 5 nitrogen and oxygen atoms in total. The van der Waals surface area contributed by atoms with E-state index in [0.717, 1.165) is 13.1 Å². The summed E-state index contributed by atoms with van der Waals surface area (Å²) in [5.74, 6) is 0.642. The molecule has 1 aromatic heterocycles. The molecule has 1 saturated heterocycles. The van der Waals surface area contributed by atoms with E-state index >= 15 is 0 Å². The second-order valence-corrected chi connectivity index (χ2v) is 3.13. The van der Waals surface area contributed by atoms with Gasteiger partial charge in [-0.3, -0.25) is 0 Å². The third-order valence-electron chi connectivity index (χ3n) is 2.11. The van der Waals surface area contributed by atoms with Crippen LogP contribution in [0.5, 0.6) is 0 Å². The monoisotopic (exact) mass is 195 g/mol. The lowest BCUT2D eigenvalue weighted by molar-refractivity contribution is 0.0218. The van der Waals surface area contributed by atoms with Crippen molar-refractivity contribution >= 4 is 0 Å². The molecule has 2 heterocycles. The Balaban J connectivity index is 2.13. The van der Waals surface area contributed by atoms with Crippen LogP contribution in [0.2, 0.25) is 0 Å². The molecular weight excluding hydrogens is 182 g/mol. The SMILES string of the molecule is OCc1ccnc(C2CNCCO2)n1. The summed E-state index contributed by atoms with van der Waals surface area (Å²) in [6, 6.07) is 1.69. The lowest BCUT2D eigenvalue weighted by atomic mass is 10.3. The van der Waals surface area contributed by atoms with Crippen LogP contribution in [0, 0.1) is 0 Å². The Bertz CT molecular complexity index is 300. The number of ether oxygens (including phenoxy) is 1. The lowest BCUT2D eigenvalue weighted by Gasteiger charge is -2.22. The minimum atomic E-state index is -0.0877. The first-order chi connectivity index (χ1) is 6.90. The highest BCUT2D eigenvalue weighted by atomic mass is 16.5. The van der Waals surface area contributed by atoms with Crippen molar-refractivity contribution in [1.82, 2.24) is 15.3 Å². The zero-order valence-corrected chi connectivity index (χ0v) is 7.81. The molecule has 14 heavy (non-hydrogen) atoms. The van der Waals surface area contributed by atoms with Crippen LogP contribution in [-0.2, 0) is 11.3 Å². The summed E-state index contributed by atoms with van der Waals surface area (Å²) in [4.78, 5) is 8.31. The molecule has 1 aliphatic rings. The van der Waals surface area contributed by atoms with Gasteiger partial charge >= 0.3 is 0 Å². The maximum atomic E-state index is 8.91. The fourth-order valence-electron chi connectivity index (χ4n) is 1.39. The molecule has 76 valence electrons. The fourth-order valence-corrected chi connectivity index (χ4v) is 1.39. The summed E-state index contributed by atoms with van der Waals surface area (Å²) in [6.45, 7) is 2.22. The number of aromatic nitrogens is 2. The van der Waals surface area contributed by atoms with Crippen LogP contribution in [0.1, 0.15) is 17.6 Å². The van der Waals surface area contributed by atoms with Gasteiger partial charge in [0.1, 0.15) is 6.10 Å². The minimum absolute atomic E-state index is 0.0599. The van der Waals surface area contributed by atoms with E-state index in [4.69, 9.17) is 9.84 Å². The molecule has 1 atom stereocenters. The van der Waals surface area contributed by atoms with Crippen molar-refractivity contribution in [3.63, 3.8) is 0 Å². The van der Waals surface area contributed by atoms with Gasteiger partial charge in [-0.15, -0.1) is 0 Å². The van der Waals surface area contributed by atoms with Crippen molar-refractivity contribution in [3.8, 4) is 0 Å². The van der Waals surface area contributed by atoms with Crippen LogP contribution in [0.3, 0.4) is 0 Å². The number of hydrogen-bond acceptors (Lipinski definition) is 5. The van der Waals surface area contributed by atoms with Gasteiger partial charge in [0.25, 0.3) is 0 Å². The number of aliphatic hydroxyl groups is 1. The Morgan fingerprint density at radius 3 is 3.29 bits per heavy atom. The van der Waals surface area contributed by atoms with Crippen molar-refractivity contribution in [2.24, 2.45) is 0 Å². The van der Waals surface area contributed by atoms with Gasteiger partial charge in [0.2, 0.25) is 0 Å². The Hall–Kier alpha value is -1.04. The highest BCUT2D eigenvalue weighted by Gasteiger charge is 2.18. The van der Waals surface area contributed by atoms with E-state index < -0.39 is 0 Å². The standard InChI is InChI=1S/C9H13N3O2/c13-6-7-1-2-11-9(12-7)8-5-10-3-4-14-8/h1-2,8,10,13H,3-6H2. The summed E-state index contributed by atoms with van der Waals surface area (Å²) in [7, 11) is 0. The number of nitrogens with one attached hydrogen (secondary N) is 1. The molecule has 0 aliphatic carbocycles. The number of aliphatic hydroxyl groups excluding tert-OH is 1. The zero-order valence-electron chi connectivity index (χ0n) is 7.81. The predicted octanol–water partition coefficient (Wildman–Crippen LogP) is -0.370. The van der Waals surface area contributed by atoms with Crippen LogP contribution < -0.4 is 5.32 Å².